The van der Waals surface area contributed by atoms with E-state index in [9.17, 15) is 13.2 Å². The van der Waals surface area contributed by atoms with E-state index in [0.29, 0.717) is 0 Å². The van der Waals surface area contributed by atoms with Crippen LogP contribution in [0.2, 0.25) is 0 Å². The first-order chi connectivity index (χ1) is 6.99. The molecule has 2 N–H and O–H groups in total. The first-order valence-corrected chi connectivity index (χ1v) is 5.01. The van der Waals surface area contributed by atoms with Crippen molar-refractivity contribution in [3.8, 4) is 0 Å². The van der Waals surface area contributed by atoms with Crippen molar-refractivity contribution < 1.29 is 22.6 Å². The van der Waals surface area contributed by atoms with Gasteiger partial charge in [-0.1, -0.05) is 0 Å². The van der Waals surface area contributed by atoms with Gasteiger partial charge in [-0.15, -0.1) is 0 Å². The molecule has 0 aliphatic heterocycles. The summed E-state index contributed by atoms with van der Waals surface area (Å²) >= 11 is 0. The maximum absolute atomic E-state index is 11.7. The van der Waals surface area contributed by atoms with Gasteiger partial charge in [0.25, 0.3) is 0 Å². The minimum atomic E-state index is -4.26. The maximum Gasteiger partial charge on any atom is 0.411 e. The van der Waals surface area contributed by atoms with Crippen molar-refractivity contribution in [1.29, 1.82) is 0 Å². The predicted octanol–water partition coefficient (Wildman–Crippen LogP) is 1.46. The Hall–Kier alpha value is -0.330. The molecule has 1 aliphatic rings. The van der Waals surface area contributed by atoms with Gasteiger partial charge in [0.2, 0.25) is 0 Å². The molecular weight excluding hydrogens is 211 g/mol. The highest BCUT2D eigenvalue weighted by Gasteiger charge is 2.27. The van der Waals surface area contributed by atoms with Crippen LogP contribution in [0.1, 0.15) is 19.3 Å². The van der Waals surface area contributed by atoms with E-state index in [-0.39, 0.29) is 25.4 Å². The summed E-state index contributed by atoms with van der Waals surface area (Å²) in [7, 11) is 0. The van der Waals surface area contributed by atoms with Crippen LogP contribution < -0.4 is 5.73 Å². The maximum atomic E-state index is 11.7. The van der Waals surface area contributed by atoms with E-state index >= 15 is 0 Å². The molecule has 0 amide bonds. The molecule has 90 valence electrons. The van der Waals surface area contributed by atoms with Gasteiger partial charge in [-0.3, -0.25) is 0 Å². The fourth-order valence-electron chi connectivity index (χ4n) is 1.61. The van der Waals surface area contributed by atoms with E-state index in [2.05, 4.69) is 4.74 Å². The number of alkyl halides is 3. The molecule has 0 heterocycles. The molecule has 0 bridgehead atoms. The molecule has 0 spiro atoms. The minimum Gasteiger partial charge on any atom is -0.374 e. The zero-order chi connectivity index (χ0) is 11.3. The van der Waals surface area contributed by atoms with Crippen LogP contribution in [0.15, 0.2) is 0 Å². The third-order valence-corrected chi connectivity index (χ3v) is 2.33. The highest BCUT2D eigenvalue weighted by Crippen LogP contribution is 2.20. The van der Waals surface area contributed by atoms with Gasteiger partial charge in [0, 0.05) is 6.04 Å². The molecule has 3 nitrogen and oxygen atoms in total. The molecule has 0 aromatic carbocycles. The molecule has 1 saturated carbocycles. The normalized spacial score (nSPS) is 27.2. The summed E-state index contributed by atoms with van der Waals surface area (Å²) in [5.74, 6) is 0. The summed E-state index contributed by atoms with van der Waals surface area (Å²) in [6.45, 7) is -1.08. The molecule has 0 saturated heterocycles. The monoisotopic (exact) mass is 227 g/mol. The predicted molar refractivity (Wildman–Crippen MR) is 48.4 cm³/mol. The summed E-state index contributed by atoms with van der Waals surface area (Å²) in [5, 5.41) is 0. The lowest BCUT2D eigenvalue weighted by molar-refractivity contribution is -0.177. The van der Waals surface area contributed by atoms with Crippen LogP contribution in [0.3, 0.4) is 0 Å². The number of hydrogen-bond acceptors (Lipinski definition) is 3. The van der Waals surface area contributed by atoms with Gasteiger partial charge >= 0.3 is 6.18 Å². The Balaban J connectivity index is 1.97. The first kappa shape index (κ1) is 12.7. The fourth-order valence-corrected chi connectivity index (χ4v) is 1.61. The lowest BCUT2D eigenvalue weighted by atomic mass is 10.2. The number of hydrogen-bond donors (Lipinski definition) is 1. The van der Waals surface area contributed by atoms with E-state index in [1.807, 2.05) is 0 Å². The van der Waals surface area contributed by atoms with Gasteiger partial charge < -0.3 is 15.2 Å². The van der Waals surface area contributed by atoms with Gasteiger partial charge in [-0.2, -0.15) is 13.2 Å². The van der Waals surface area contributed by atoms with E-state index in [4.69, 9.17) is 10.5 Å². The van der Waals surface area contributed by atoms with Crippen LogP contribution in [-0.4, -0.2) is 38.1 Å². The van der Waals surface area contributed by atoms with Crippen LogP contribution in [0, 0.1) is 0 Å². The molecule has 0 aromatic rings. The molecule has 1 fully saturated rings. The molecular formula is C9H16F3NO2. The number of nitrogens with two attached hydrogens (primary N) is 1. The SMILES string of the molecule is NC1CCCC1OCCOCC(F)(F)F. The van der Waals surface area contributed by atoms with Crippen LogP contribution in [0.25, 0.3) is 0 Å². The Morgan fingerprint density at radius 2 is 1.93 bits per heavy atom. The summed E-state index contributed by atoms with van der Waals surface area (Å²) in [4.78, 5) is 0. The highest BCUT2D eigenvalue weighted by molar-refractivity contribution is 4.80. The van der Waals surface area contributed by atoms with Gasteiger partial charge in [0.1, 0.15) is 6.61 Å². The third-order valence-electron chi connectivity index (χ3n) is 2.33. The molecule has 0 radical (unpaired) electrons. The van der Waals surface area contributed by atoms with Crippen LogP contribution in [0.5, 0.6) is 0 Å². The van der Waals surface area contributed by atoms with Gasteiger partial charge in [-0.25, -0.2) is 0 Å². The molecule has 2 atom stereocenters. The summed E-state index contributed by atoms with van der Waals surface area (Å²) in [5.41, 5.74) is 5.72. The lowest BCUT2D eigenvalue weighted by Crippen LogP contribution is -2.32. The summed E-state index contributed by atoms with van der Waals surface area (Å²) in [6.07, 6.45) is -1.44. The molecule has 1 rings (SSSR count). The zero-order valence-electron chi connectivity index (χ0n) is 8.43. The summed E-state index contributed by atoms with van der Waals surface area (Å²) < 4.78 is 44.7. The van der Waals surface area contributed by atoms with Crippen LogP contribution in [0.4, 0.5) is 13.2 Å². The Bertz CT molecular complexity index is 187. The van der Waals surface area contributed by atoms with Crippen molar-refractivity contribution in [2.24, 2.45) is 5.73 Å². The van der Waals surface area contributed by atoms with Crippen molar-refractivity contribution in [1.82, 2.24) is 0 Å². The average Bonchev–Trinajstić information content (AvgIpc) is 2.49. The number of rotatable bonds is 5. The molecule has 15 heavy (non-hydrogen) atoms. The van der Waals surface area contributed by atoms with Crippen molar-refractivity contribution in [2.45, 2.75) is 37.6 Å². The third kappa shape index (κ3) is 5.34. The second kappa shape index (κ2) is 5.67. The van der Waals surface area contributed by atoms with Crippen molar-refractivity contribution in [3.05, 3.63) is 0 Å². The van der Waals surface area contributed by atoms with Crippen molar-refractivity contribution in [3.63, 3.8) is 0 Å². The van der Waals surface area contributed by atoms with Crippen LogP contribution in [-0.2, 0) is 9.47 Å². The Labute approximate surface area is 86.7 Å². The lowest BCUT2D eigenvalue weighted by Gasteiger charge is -2.16. The van der Waals surface area contributed by atoms with Gasteiger partial charge in [-0.05, 0) is 19.3 Å². The Kier molecular flexibility index (Phi) is 4.82. The molecule has 1 aliphatic carbocycles. The van der Waals surface area contributed by atoms with E-state index in [0.717, 1.165) is 19.3 Å². The topological polar surface area (TPSA) is 44.5 Å². The Morgan fingerprint density at radius 1 is 1.20 bits per heavy atom. The zero-order valence-corrected chi connectivity index (χ0v) is 8.43. The smallest absolute Gasteiger partial charge is 0.374 e. The van der Waals surface area contributed by atoms with Crippen LogP contribution >= 0.6 is 0 Å². The summed E-state index contributed by atoms with van der Waals surface area (Å²) in [6, 6.07) is 0.0209. The van der Waals surface area contributed by atoms with Gasteiger partial charge in [0.15, 0.2) is 0 Å². The minimum absolute atomic E-state index is 0.0144. The number of ether oxygens (including phenoxy) is 2. The molecule has 2 unspecified atom stereocenters. The molecule has 0 aromatic heterocycles. The van der Waals surface area contributed by atoms with Gasteiger partial charge in [0.05, 0.1) is 19.3 Å². The van der Waals surface area contributed by atoms with Crippen molar-refractivity contribution in [2.75, 3.05) is 19.8 Å². The van der Waals surface area contributed by atoms with E-state index in [1.165, 1.54) is 0 Å². The van der Waals surface area contributed by atoms with Crippen molar-refractivity contribution >= 4 is 0 Å². The largest absolute Gasteiger partial charge is 0.411 e. The second-order valence-corrected chi connectivity index (χ2v) is 3.67. The average molecular weight is 227 g/mol. The van der Waals surface area contributed by atoms with E-state index in [1.54, 1.807) is 0 Å². The first-order valence-electron chi connectivity index (χ1n) is 5.01. The standard InChI is InChI=1S/C9H16F3NO2/c10-9(11,12)6-14-4-5-15-8-3-1-2-7(8)13/h7-8H,1-6,13H2. The second-order valence-electron chi connectivity index (χ2n) is 3.67. The molecule has 6 heteroatoms. The highest BCUT2D eigenvalue weighted by atomic mass is 19.4. The Morgan fingerprint density at radius 3 is 2.47 bits per heavy atom. The number of halogens is 3. The van der Waals surface area contributed by atoms with E-state index < -0.39 is 12.8 Å². The quantitative estimate of drug-likeness (QED) is 0.723. The fraction of sp³-hybridized carbons (Fsp3) is 1.00.